The van der Waals surface area contributed by atoms with Gasteiger partial charge in [0.2, 0.25) is 0 Å². The molecule has 0 saturated heterocycles. The van der Waals surface area contributed by atoms with Crippen molar-refractivity contribution in [3.63, 3.8) is 0 Å². The predicted molar refractivity (Wildman–Crippen MR) is 81.0 cm³/mol. The van der Waals surface area contributed by atoms with Crippen LogP contribution in [0.1, 0.15) is 5.56 Å². The summed E-state index contributed by atoms with van der Waals surface area (Å²) in [6, 6.07) is 10.1. The molecule has 6 heteroatoms. The largest absolute Gasteiger partial charge is 0.416 e. The topological polar surface area (TPSA) is 64.9 Å². The first-order valence-electron chi connectivity index (χ1n) is 6.47. The zero-order chi connectivity index (χ0) is 15.9. The molecule has 1 aromatic heterocycles. The number of fused-ring (bicyclic) bond motifs is 1. The molecule has 3 nitrogen and oxygen atoms in total. The number of nitrogen functional groups attached to an aromatic ring is 2. The molecule has 0 saturated carbocycles. The molecule has 2 aromatic carbocycles. The molecular weight excluding hydrogens is 291 g/mol. The summed E-state index contributed by atoms with van der Waals surface area (Å²) < 4.78 is 38.5. The van der Waals surface area contributed by atoms with E-state index in [0.29, 0.717) is 22.2 Å². The zero-order valence-electron chi connectivity index (χ0n) is 11.4. The van der Waals surface area contributed by atoms with Crippen molar-refractivity contribution in [2.45, 2.75) is 6.18 Å². The number of nitrogens with two attached hydrogens (primary N) is 2. The number of nitrogens with zero attached hydrogens (tertiary/aromatic N) is 1. The van der Waals surface area contributed by atoms with Crippen molar-refractivity contribution in [1.82, 2.24) is 4.98 Å². The summed E-state index contributed by atoms with van der Waals surface area (Å²) >= 11 is 0. The van der Waals surface area contributed by atoms with E-state index < -0.39 is 11.7 Å². The van der Waals surface area contributed by atoms with Crippen LogP contribution in [-0.4, -0.2) is 4.98 Å². The highest BCUT2D eigenvalue weighted by atomic mass is 19.4. The molecule has 0 atom stereocenters. The predicted octanol–water partition coefficient (Wildman–Crippen LogP) is 4.09. The van der Waals surface area contributed by atoms with E-state index >= 15 is 0 Å². The van der Waals surface area contributed by atoms with E-state index in [9.17, 15) is 13.2 Å². The Hall–Kier alpha value is -2.76. The molecule has 0 aliphatic carbocycles. The van der Waals surface area contributed by atoms with E-state index in [1.54, 1.807) is 24.3 Å². The minimum Gasteiger partial charge on any atom is -0.398 e. The maximum atomic E-state index is 12.8. The van der Waals surface area contributed by atoms with Gasteiger partial charge in [-0.15, -0.1) is 0 Å². The monoisotopic (exact) mass is 303 g/mol. The zero-order valence-corrected chi connectivity index (χ0v) is 11.4. The number of aromatic nitrogens is 1. The number of rotatable bonds is 1. The van der Waals surface area contributed by atoms with E-state index in [2.05, 4.69) is 4.98 Å². The second kappa shape index (κ2) is 4.91. The Kier molecular flexibility index (Phi) is 3.16. The fourth-order valence-electron chi connectivity index (χ4n) is 2.38. The lowest BCUT2D eigenvalue weighted by atomic mass is 9.99. The van der Waals surface area contributed by atoms with E-state index in [0.717, 1.165) is 17.5 Å². The molecule has 22 heavy (non-hydrogen) atoms. The van der Waals surface area contributed by atoms with E-state index in [-0.39, 0.29) is 5.82 Å². The summed E-state index contributed by atoms with van der Waals surface area (Å²) in [4.78, 5) is 3.98. The minimum atomic E-state index is -4.39. The Balaban J connectivity index is 2.21. The second-order valence-electron chi connectivity index (χ2n) is 4.94. The van der Waals surface area contributed by atoms with Crippen LogP contribution in [0.3, 0.4) is 0 Å². The van der Waals surface area contributed by atoms with Gasteiger partial charge in [0.1, 0.15) is 5.82 Å². The maximum absolute atomic E-state index is 12.8. The Labute approximate surface area is 124 Å². The lowest BCUT2D eigenvalue weighted by Crippen LogP contribution is -2.04. The number of anilines is 2. The first kappa shape index (κ1) is 14.2. The molecular formula is C16H12F3N3. The molecule has 4 N–H and O–H groups in total. The summed E-state index contributed by atoms with van der Waals surface area (Å²) in [6.07, 6.45) is -2.85. The van der Waals surface area contributed by atoms with Gasteiger partial charge in [0.25, 0.3) is 0 Å². The van der Waals surface area contributed by atoms with Crippen molar-refractivity contribution in [2.75, 3.05) is 11.5 Å². The number of hydrogen-bond donors (Lipinski definition) is 2. The van der Waals surface area contributed by atoms with Crippen LogP contribution in [-0.2, 0) is 6.18 Å². The molecule has 0 aliphatic heterocycles. The van der Waals surface area contributed by atoms with Crippen LogP contribution in [0, 0.1) is 0 Å². The summed E-state index contributed by atoms with van der Waals surface area (Å²) in [7, 11) is 0. The van der Waals surface area contributed by atoms with Crippen molar-refractivity contribution in [2.24, 2.45) is 0 Å². The Morgan fingerprint density at radius 2 is 1.64 bits per heavy atom. The van der Waals surface area contributed by atoms with Crippen LogP contribution in [0.2, 0.25) is 0 Å². The van der Waals surface area contributed by atoms with Gasteiger partial charge in [-0.3, -0.25) is 0 Å². The van der Waals surface area contributed by atoms with Crippen LogP contribution in [0.4, 0.5) is 24.7 Å². The minimum absolute atomic E-state index is 0.290. The van der Waals surface area contributed by atoms with Gasteiger partial charge in [0.15, 0.2) is 0 Å². The van der Waals surface area contributed by atoms with Gasteiger partial charge >= 0.3 is 6.18 Å². The normalized spacial score (nSPS) is 11.8. The molecule has 0 aliphatic rings. The van der Waals surface area contributed by atoms with Crippen molar-refractivity contribution >= 4 is 22.3 Å². The molecule has 0 spiro atoms. The summed E-state index contributed by atoms with van der Waals surface area (Å²) in [5, 5.41) is 1.35. The van der Waals surface area contributed by atoms with Gasteiger partial charge in [-0.2, -0.15) is 13.2 Å². The highest BCUT2D eigenvalue weighted by Gasteiger charge is 2.30. The highest BCUT2D eigenvalue weighted by Crippen LogP contribution is 2.35. The molecule has 1 heterocycles. The Bertz CT molecular complexity index is 857. The standard InChI is InChI=1S/C16H12F3N3/c17-16(18,19)11-3-1-2-9(6-11)10-7-13-12(14(20)8-10)4-5-22-15(13)21/h1-8H,20H2,(H2,21,22). The number of benzene rings is 2. The van der Waals surface area contributed by atoms with Crippen molar-refractivity contribution < 1.29 is 13.2 Å². The average molecular weight is 303 g/mol. The van der Waals surface area contributed by atoms with Gasteiger partial charge in [-0.05, 0) is 41.5 Å². The van der Waals surface area contributed by atoms with Crippen LogP contribution in [0.5, 0.6) is 0 Å². The third kappa shape index (κ3) is 2.43. The average Bonchev–Trinajstić information content (AvgIpc) is 2.47. The van der Waals surface area contributed by atoms with Crippen LogP contribution in [0.15, 0.2) is 48.7 Å². The number of pyridine rings is 1. The molecule has 112 valence electrons. The van der Waals surface area contributed by atoms with Gasteiger partial charge in [0, 0.05) is 22.7 Å². The smallest absolute Gasteiger partial charge is 0.398 e. The highest BCUT2D eigenvalue weighted by molar-refractivity contribution is 6.01. The van der Waals surface area contributed by atoms with Crippen LogP contribution >= 0.6 is 0 Å². The van der Waals surface area contributed by atoms with E-state index in [1.165, 1.54) is 12.3 Å². The fraction of sp³-hybridized carbons (Fsp3) is 0.0625. The summed E-state index contributed by atoms with van der Waals surface area (Å²) in [5.41, 5.74) is 12.5. The van der Waals surface area contributed by atoms with Gasteiger partial charge in [-0.1, -0.05) is 12.1 Å². The number of hydrogen-bond acceptors (Lipinski definition) is 3. The lowest BCUT2D eigenvalue weighted by Gasteiger charge is -2.11. The number of halogens is 3. The van der Waals surface area contributed by atoms with E-state index in [4.69, 9.17) is 11.5 Å². The summed E-state index contributed by atoms with van der Waals surface area (Å²) in [5.74, 6) is 0.290. The van der Waals surface area contributed by atoms with E-state index in [1.807, 2.05) is 0 Å². The van der Waals surface area contributed by atoms with Crippen molar-refractivity contribution in [3.05, 3.63) is 54.2 Å². The molecule has 0 fully saturated rings. The van der Waals surface area contributed by atoms with Gasteiger partial charge < -0.3 is 11.5 Å². The molecule has 0 radical (unpaired) electrons. The third-order valence-electron chi connectivity index (χ3n) is 3.47. The maximum Gasteiger partial charge on any atom is 0.416 e. The van der Waals surface area contributed by atoms with Crippen molar-refractivity contribution in [1.29, 1.82) is 0 Å². The molecule has 0 amide bonds. The third-order valence-corrected chi connectivity index (χ3v) is 3.47. The molecule has 0 bridgehead atoms. The SMILES string of the molecule is Nc1cc(-c2cccc(C(F)(F)F)c2)cc2c(N)nccc12. The molecule has 0 unspecified atom stereocenters. The second-order valence-corrected chi connectivity index (χ2v) is 4.94. The Morgan fingerprint density at radius 3 is 2.36 bits per heavy atom. The van der Waals surface area contributed by atoms with Crippen LogP contribution < -0.4 is 11.5 Å². The molecule has 3 aromatic rings. The number of alkyl halides is 3. The first-order chi connectivity index (χ1) is 10.4. The van der Waals surface area contributed by atoms with Gasteiger partial charge in [-0.25, -0.2) is 4.98 Å². The summed E-state index contributed by atoms with van der Waals surface area (Å²) in [6.45, 7) is 0. The fourth-order valence-corrected chi connectivity index (χ4v) is 2.38. The first-order valence-corrected chi connectivity index (χ1v) is 6.47. The van der Waals surface area contributed by atoms with Crippen molar-refractivity contribution in [3.8, 4) is 11.1 Å². The van der Waals surface area contributed by atoms with Gasteiger partial charge in [0.05, 0.1) is 5.56 Å². The Morgan fingerprint density at radius 1 is 0.864 bits per heavy atom. The molecule has 3 rings (SSSR count). The van der Waals surface area contributed by atoms with Crippen LogP contribution in [0.25, 0.3) is 21.9 Å². The quantitative estimate of drug-likeness (QED) is 0.666. The lowest BCUT2D eigenvalue weighted by molar-refractivity contribution is -0.137.